The van der Waals surface area contributed by atoms with E-state index >= 15 is 17.6 Å². The van der Waals surface area contributed by atoms with Gasteiger partial charge >= 0.3 is 0 Å². The van der Waals surface area contributed by atoms with Gasteiger partial charge in [-0.25, -0.2) is 17.6 Å². The number of nitro benzene ring substituents is 2. The zero-order chi connectivity index (χ0) is 31.3. The van der Waals surface area contributed by atoms with E-state index in [1.54, 1.807) is 4.90 Å². The molecule has 228 valence electrons. The van der Waals surface area contributed by atoms with Gasteiger partial charge in [0.05, 0.1) is 21.9 Å². The van der Waals surface area contributed by atoms with E-state index in [9.17, 15) is 20.2 Å². The summed E-state index contributed by atoms with van der Waals surface area (Å²) in [6.07, 6.45) is 1.03. The van der Waals surface area contributed by atoms with Crippen molar-refractivity contribution in [2.24, 2.45) is 11.8 Å². The van der Waals surface area contributed by atoms with Crippen molar-refractivity contribution in [1.29, 1.82) is 0 Å². The van der Waals surface area contributed by atoms with E-state index in [1.165, 1.54) is 4.90 Å². The van der Waals surface area contributed by atoms with Crippen LogP contribution in [-0.2, 0) is 0 Å². The molecule has 0 saturated carbocycles. The van der Waals surface area contributed by atoms with E-state index in [0.717, 1.165) is 42.8 Å². The highest BCUT2D eigenvalue weighted by atomic mass is 35.5. The number of halogens is 6. The van der Waals surface area contributed by atoms with Crippen LogP contribution in [-0.4, -0.2) is 22.9 Å². The van der Waals surface area contributed by atoms with Gasteiger partial charge < -0.3 is 9.80 Å². The topological polar surface area (TPSA) is 92.8 Å². The standard InChI is InChI=1S/C29H26Cl2F4N4O4/c1-14-5-15(2)13-36(12-14)29-23(34)6-16(7-24(29)35)37-25(17-8-27(38(40)41)19(30)10-21(17)32)3-4-26(37)18-9-28(39(42)43)20(31)11-22(18)33/h6-11,14-15,25-26H,3-5,12-13H2,1-2H3. The molecule has 2 heterocycles. The summed E-state index contributed by atoms with van der Waals surface area (Å²) in [7, 11) is 0. The minimum atomic E-state index is -1.07. The van der Waals surface area contributed by atoms with Gasteiger partial charge in [-0.05, 0) is 55.4 Å². The highest BCUT2D eigenvalue weighted by Crippen LogP contribution is 2.50. The molecule has 4 atom stereocenters. The molecule has 4 unspecified atom stereocenters. The molecule has 14 heteroatoms. The van der Waals surface area contributed by atoms with Crippen molar-refractivity contribution in [3.8, 4) is 0 Å². The molecule has 5 rings (SSSR count). The number of anilines is 2. The number of piperidine rings is 1. The van der Waals surface area contributed by atoms with E-state index in [0.29, 0.717) is 13.1 Å². The summed E-state index contributed by atoms with van der Waals surface area (Å²) in [5, 5.41) is 22.3. The van der Waals surface area contributed by atoms with E-state index < -0.39 is 66.6 Å². The molecule has 8 nitrogen and oxygen atoms in total. The minimum absolute atomic E-state index is 0.0579. The molecule has 0 aliphatic carbocycles. The predicted octanol–water partition coefficient (Wildman–Crippen LogP) is 8.93. The average Bonchev–Trinajstić information content (AvgIpc) is 3.32. The molecule has 3 aromatic carbocycles. The first kappa shape index (κ1) is 30.8. The van der Waals surface area contributed by atoms with Crippen molar-refractivity contribution in [2.75, 3.05) is 22.9 Å². The lowest BCUT2D eigenvalue weighted by Crippen LogP contribution is -2.39. The first-order chi connectivity index (χ1) is 20.3. The fourth-order valence-corrected chi connectivity index (χ4v) is 6.97. The van der Waals surface area contributed by atoms with Gasteiger partial charge in [0.15, 0.2) is 11.6 Å². The van der Waals surface area contributed by atoms with Gasteiger partial charge in [0, 0.05) is 42.0 Å². The lowest BCUT2D eigenvalue weighted by molar-refractivity contribution is -0.384. The van der Waals surface area contributed by atoms with Crippen molar-refractivity contribution in [1.82, 2.24) is 0 Å². The van der Waals surface area contributed by atoms with Gasteiger partial charge in [-0.3, -0.25) is 20.2 Å². The second-order valence-electron chi connectivity index (χ2n) is 11.3. The number of rotatable bonds is 6. The highest BCUT2D eigenvalue weighted by Gasteiger charge is 2.41. The van der Waals surface area contributed by atoms with Crippen LogP contribution in [0.4, 0.5) is 40.3 Å². The van der Waals surface area contributed by atoms with Crippen molar-refractivity contribution in [3.05, 3.63) is 101 Å². The summed E-state index contributed by atoms with van der Waals surface area (Å²) in [5.74, 6) is -3.23. The van der Waals surface area contributed by atoms with Crippen LogP contribution in [0.1, 0.15) is 56.3 Å². The summed E-state index contributed by atoms with van der Waals surface area (Å²) >= 11 is 11.8. The van der Waals surface area contributed by atoms with Crippen molar-refractivity contribution in [2.45, 2.75) is 45.2 Å². The Morgan fingerprint density at radius 2 is 1.14 bits per heavy atom. The molecule has 0 aromatic heterocycles. The van der Waals surface area contributed by atoms with Crippen LogP contribution in [0.3, 0.4) is 0 Å². The largest absolute Gasteiger partial charge is 0.366 e. The Morgan fingerprint density at radius 1 is 0.721 bits per heavy atom. The summed E-state index contributed by atoms with van der Waals surface area (Å²) in [6, 6.07) is 3.39. The maximum atomic E-state index is 15.8. The highest BCUT2D eigenvalue weighted by molar-refractivity contribution is 6.33. The minimum Gasteiger partial charge on any atom is -0.366 e. The molecule has 0 amide bonds. The quantitative estimate of drug-likeness (QED) is 0.152. The number of hydrogen-bond donors (Lipinski definition) is 0. The monoisotopic (exact) mass is 640 g/mol. The van der Waals surface area contributed by atoms with Gasteiger partial charge in [0.1, 0.15) is 27.4 Å². The summed E-state index contributed by atoms with van der Waals surface area (Å²) in [4.78, 5) is 24.6. The lowest BCUT2D eigenvalue weighted by Gasteiger charge is -2.38. The van der Waals surface area contributed by atoms with Crippen LogP contribution in [0.5, 0.6) is 0 Å². The molecule has 2 fully saturated rings. The maximum Gasteiger partial charge on any atom is 0.288 e. The average molecular weight is 641 g/mol. The molecule has 0 radical (unpaired) electrons. The molecule has 0 bridgehead atoms. The smallest absolute Gasteiger partial charge is 0.288 e. The van der Waals surface area contributed by atoms with Gasteiger partial charge in [-0.2, -0.15) is 0 Å². The number of benzene rings is 3. The fourth-order valence-electron chi connectivity index (χ4n) is 6.53. The van der Waals surface area contributed by atoms with Crippen molar-refractivity contribution < 1.29 is 27.4 Å². The molecule has 43 heavy (non-hydrogen) atoms. The Hall–Kier alpha value is -3.64. The van der Waals surface area contributed by atoms with Gasteiger partial charge in [-0.1, -0.05) is 37.0 Å². The molecule has 2 aliphatic heterocycles. The van der Waals surface area contributed by atoms with Gasteiger partial charge in [-0.15, -0.1) is 0 Å². The van der Waals surface area contributed by atoms with Gasteiger partial charge in [0.25, 0.3) is 11.4 Å². The number of hydrogen-bond acceptors (Lipinski definition) is 6. The molecular formula is C29H26Cl2F4N4O4. The third-order valence-electron chi connectivity index (χ3n) is 8.11. The Balaban J connectivity index is 1.67. The molecular weight excluding hydrogens is 615 g/mol. The van der Waals surface area contributed by atoms with E-state index in [1.807, 2.05) is 13.8 Å². The Labute approximate surface area is 254 Å². The normalized spacial score (nSPS) is 22.2. The number of nitro groups is 2. The molecule has 2 aliphatic rings. The van der Waals surface area contributed by atoms with Crippen LogP contribution in [0, 0.1) is 55.3 Å². The SMILES string of the molecule is CC1CC(C)CN(c2c(F)cc(N3C(c4cc([N+](=O)[O-])c(Cl)cc4F)CCC3c3cc([N+](=O)[O-])c(Cl)cc3F)cc2F)C1. The van der Waals surface area contributed by atoms with Crippen LogP contribution in [0.2, 0.25) is 10.0 Å². The first-order valence-electron chi connectivity index (χ1n) is 13.6. The zero-order valence-electron chi connectivity index (χ0n) is 23.0. The third-order valence-corrected chi connectivity index (χ3v) is 8.72. The maximum absolute atomic E-state index is 15.8. The predicted molar refractivity (Wildman–Crippen MR) is 155 cm³/mol. The summed E-state index contributed by atoms with van der Waals surface area (Å²) in [6.45, 7) is 4.86. The molecule has 0 N–H and O–H groups in total. The second-order valence-corrected chi connectivity index (χ2v) is 12.1. The lowest BCUT2D eigenvalue weighted by atomic mass is 9.91. The van der Waals surface area contributed by atoms with Crippen molar-refractivity contribution >= 4 is 46.0 Å². The Morgan fingerprint density at radius 3 is 1.53 bits per heavy atom. The Bertz CT molecular complexity index is 1520. The first-order valence-corrected chi connectivity index (χ1v) is 14.3. The van der Waals surface area contributed by atoms with Crippen LogP contribution in [0.25, 0.3) is 0 Å². The molecule has 2 saturated heterocycles. The number of nitrogens with zero attached hydrogens (tertiary/aromatic N) is 4. The zero-order valence-corrected chi connectivity index (χ0v) is 24.5. The molecule has 3 aromatic rings. The van der Waals surface area contributed by atoms with Crippen molar-refractivity contribution in [3.63, 3.8) is 0 Å². The third kappa shape index (κ3) is 5.82. The molecule has 0 spiro atoms. The van der Waals surface area contributed by atoms with Crippen LogP contribution in [0.15, 0.2) is 36.4 Å². The summed E-state index contributed by atoms with van der Waals surface area (Å²) < 4.78 is 62.3. The van der Waals surface area contributed by atoms with Crippen LogP contribution >= 0.6 is 23.2 Å². The Kier molecular flexibility index (Phi) is 8.45. The second kappa shape index (κ2) is 11.8. The fraction of sp³-hybridized carbons (Fsp3) is 0.379. The van der Waals surface area contributed by atoms with E-state index in [2.05, 4.69) is 0 Å². The summed E-state index contributed by atoms with van der Waals surface area (Å²) in [5.41, 5.74) is -1.90. The van der Waals surface area contributed by atoms with Crippen LogP contribution < -0.4 is 9.80 Å². The van der Waals surface area contributed by atoms with E-state index in [-0.39, 0.29) is 47.2 Å². The van der Waals surface area contributed by atoms with E-state index in [4.69, 9.17) is 23.2 Å². The van der Waals surface area contributed by atoms with Gasteiger partial charge in [0.2, 0.25) is 0 Å².